The molecular weight excluding hydrogens is 288 g/mol. The highest BCUT2D eigenvalue weighted by molar-refractivity contribution is 8.00. The second kappa shape index (κ2) is 7.68. The first kappa shape index (κ1) is 17.8. The SMILES string of the molecule is CCCn1nc(C)c([N+](=O)[O-])c1NCC(CC)(CC)SC. The Balaban J connectivity index is 3.08. The van der Waals surface area contributed by atoms with E-state index in [0.29, 0.717) is 24.6 Å². The Labute approximate surface area is 130 Å². The van der Waals surface area contributed by atoms with E-state index >= 15 is 0 Å². The average Bonchev–Trinajstić information content (AvgIpc) is 2.77. The summed E-state index contributed by atoms with van der Waals surface area (Å²) in [5.41, 5.74) is 0.573. The maximum absolute atomic E-state index is 11.3. The van der Waals surface area contributed by atoms with Crippen LogP contribution in [0.2, 0.25) is 0 Å². The first-order chi connectivity index (χ1) is 9.94. The van der Waals surface area contributed by atoms with Crippen molar-refractivity contribution in [1.82, 2.24) is 9.78 Å². The number of nitro groups is 1. The zero-order valence-electron chi connectivity index (χ0n) is 13.6. The molecule has 0 unspecified atom stereocenters. The normalized spacial score (nSPS) is 11.7. The lowest BCUT2D eigenvalue weighted by molar-refractivity contribution is -0.384. The molecule has 0 radical (unpaired) electrons. The smallest absolute Gasteiger partial charge is 0.333 e. The minimum atomic E-state index is -0.338. The van der Waals surface area contributed by atoms with Gasteiger partial charge in [-0.15, -0.1) is 0 Å². The van der Waals surface area contributed by atoms with Gasteiger partial charge in [-0.05, 0) is 32.4 Å². The van der Waals surface area contributed by atoms with Gasteiger partial charge in [0, 0.05) is 17.8 Å². The zero-order valence-corrected chi connectivity index (χ0v) is 14.4. The standard InChI is InChI=1S/C14H26N4O2S/c1-6-9-17-13(12(18(19)20)11(4)16-17)15-10-14(7-2,8-3)21-5/h15H,6-10H2,1-5H3. The third-order valence-corrected chi connectivity index (χ3v) is 5.60. The largest absolute Gasteiger partial charge is 0.363 e. The number of aryl methyl sites for hydroxylation is 2. The van der Waals surface area contributed by atoms with Gasteiger partial charge in [-0.2, -0.15) is 16.9 Å². The second-order valence-corrected chi connectivity index (χ2v) is 6.48. The summed E-state index contributed by atoms with van der Waals surface area (Å²) in [7, 11) is 0. The Kier molecular flexibility index (Phi) is 6.51. The fourth-order valence-corrected chi connectivity index (χ4v) is 3.24. The van der Waals surface area contributed by atoms with Crippen molar-refractivity contribution in [2.75, 3.05) is 18.1 Å². The number of hydrogen-bond donors (Lipinski definition) is 1. The molecule has 0 amide bonds. The molecule has 6 nitrogen and oxygen atoms in total. The maximum atomic E-state index is 11.3. The van der Waals surface area contributed by atoms with Crippen molar-refractivity contribution < 1.29 is 4.92 Å². The molecule has 0 aliphatic rings. The Morgan fingerprint density at radius 3 is 2.43 bits per heavy atom. The third-order valence-electron chi connectivity index (χ3n) is 4.01. The molecule has 0 bridgehead atoms. The quantitative estimate of drug-likeness (QED) is 0.553. The van der Waals surface area contributed by atoms with E-state index in [2.05, 4.69) is 30.5 Å². The van der Waals surface area contributed by atoms with Crippen LogP contribution in [0.5, 0.6) is 0 Å². The van der Waals surface area contributed by atoms with E-state index in [1.54, 1.807) is 11.6 Å². The summed E-state index contributed by atoms with van der Waals surface area (Å²) >= 11 is 1.81. The molecule has 1 aromatic heterocycles. The van der Waals surface area contributed by atoms with Crippen LogP contribution in [-0.4, -0.2) is 32.3 Å². The van der Waals surface area contributed by atoms with E-state index in [0.717, 1.165) is 19.3 Å². The zero-order chi connectivity index (χ0) is 16.0. The van der Waals surface area contributed by atoms with E-state index in [1.807, 2.05) is 18.7 Å². The predicted octanol–water partition coefficient (Wildman–Crippen LogP) is 3.84. The van der Waals surface area contributed by atoms with Crippen molar-refractivity contribution in [3.8, 4) is 0 Å². The van der Waals surface area contributed by atoms with Gasteiger partial charge >= 0.3 is 5.69 Å². The topological polar surface area (TPSA) is 73.0 Å². The highest BCUT2D eigenvalue weighted by Gasteiger charge is 2.29. The number of rotatable bonds is 9. The lowest BCUT2D eigenvalue weighted by Crippen LogP contribution is -2.32. The Bertz CT molecular complexity index is 475. The van der Waals surface area contributed by atoms with Crippen LogP contribution in [0.1, 0.15) is 45.7 Å². The second-order valence-electron chi connectivity index (χ2n) is 5.21. The maximum Gasteiger partial charge on any atom is 0.333 e. The molecule has 120 valence electrons. The molecular formula is C14H26N4O2S. The lowest BCUT2D eigenvalue weighted by atomic mass is 10.0. The Morgan fingerprint density at radius 2 is 2.00 bits per heavy atom. The van der Waals surface area contributed by atoms with Crippen molar-refractivity contribution in [2.45, 2.75) is 58.2 Å². The van der Waals surface area contributed by atoms with Crippen LogP contribution < -0.4 is 5.32 Å². The molecule has 0 aliphatic carbocycles. The van der Waals surface area contributed by atoms with Gasteiger partial charge in [-0.1, -0.05) is 20.8 Å². The van der Waals surface area contributed by atoms with Gasteiger partial charge in [0.05, 0.1) is 4.92 Å². The van der Waals surface area contributed by atoms with Gasteiger partial charge in [0.15, 0.2) is 0 Å². The highest BCUT2D eigenvalue weighted by Crippen LogP contribution is 2.33. The van der Waals surface area contributed by atoms with Crippen molar-refractivity contribution in [2.24, 2.45) is 0 Å². The van der Waals surface area contributed by atoms with Crippen molar-refractivity contribution in [3.05, 3.63) is 15.8 Å². The Hall–Kier alpha value is -1.24. The molecule has 1 aromatic rings. The van der Waals surface area contributed by atoms with E-state index < -0.39 is 0 Å². The summed E-state index contributed by atoms with van der Waals surface area (Å²) in [5, 5.41) is 18.9. The number of nitrogens with one attached hydrogen (secondary N) is 1. The van der Waals surface area contributed by atoms with Crippen LogP contribution in [0.25, 0.3) is 0 Å². The van der Waals surface area contributed by atoms with Gasteiger partial charge in [-0.25, -0.2) is 4.68 Å². The van der Waals surface area contributed by atoms with Crippen LogP contribution in [0, 0.1) is 17.0 Å². The summed E-state index contributed by atoms with van der Waals surface area (Å²) in [5.74, 6) is 0.541. The molecule has 0 atom stereocenters. The molecule has 0 aromatic carbocycles. The van der Waals surface area contributed by atoms with Crippen LogP contribution in [-0.2, 0) is 6.54 Å². The van der Waals surface area contributed by atoms with E-state index in [9.17, 15) is 10.1 Å². The monoisotopic (exact) mass is 314 g/mol. The van der Waals surface area contributed by atoms with Crippen molar-refractivity contribution >= 4 is 23.3 Å². The predicted molar refractivity (Wildman–Crippen MR) is 89.2 cm³/mol. The first-order valence-electron chi connectivity index (χ1n) is 7.45. The van der Waals surface area contributed by atoms with Gasteiger partial charge in [0.25, 0.3) is 0 Å². The van der Waals surface area contributed by atoms with Crippen LogP contribution in [0.4, 0.5) is 11.5 Å². The number of anilines is 1. The minimum absolute atomic E-state index is 0.100. The molecule has 7 heteroatoms. The molecule has 1 heterocycles. The molecule has 0 aliphatic heterocycles. The number of thioether (sulfide) groups is 1. The van der Waals surface area contributed by atoms with E-state index in [1.165, 1.54) is 0 Å². The molecule has 0 saturated carbocycles. The lowest BCUT2D eigenvalue weighted by Gasteiger charge is -2.30. The molecule has 21 heavy (non-hydrogen) atoms. The van der Waals surface area contributed by atoms with Gasteiger partial charge in [0.2, 0.25) is 5.82 Å². The van der Waals surface area contributed by atoms with E-state index in [-0.39, 0.29) is 15.4 Å². The number of aromatic nitrogens is 2. The molecule has 1 rings (SSSR count). The molecule has 1 N–H and O–H groups in total. The number of nitrogens with zero attached hydrogens (tertiary/aromatic N) is 3. The van der Waals surface area contributed by atoms with Gasteiger partial charge in [-0.3, -0.25) is 10.1 Å². The van der Waals surface area contributed by atoms with Gasteiger partial charge < -0.3 is 5.32 Å². The van der Waals surface area contributed by atoms with Crippen molar-refractivity contribution in [3.63, 3.8) is 0 Å². The van der Waals surface area contributed by atoms with Crippen LogP contribution in [0.15, 0.2) is 0 Å². The van der Waals surface area contributed by atoms with Gasteiger partial charge in [0.1, 0.15) is 5.69 Å². The molecule has 0 saturated heterocycles. The highest BCUT2D eigenvalue weighted by atomic mass is 32.2. The average molecular weight is 314 g/mol. The molecule has 0 spiro atoms. The third kappa shape index (κ3) is 3.90. The fraction of sp³-hybridized carbons (Fsp3) is 0.786. The van der Waals surface area contributed by atoms with Crippen molar-refractivity contribution in [1.29, 1.82) is 0 Å². The molecule has 0 fully saturated rings. The fourth-order valence-electron chi connectivity index (χ4n) is 2.44. The first-order valence-corrected chi connectivity index (χ1v) is 8.67. The summed E-state index contributed by atoms with van der Waals surface area (Å²) in [4.78, 5) is 11.0. The summed E-state index contributed by atoms with van der Waals surface area (Å²) < 4.78 is 1.83. The number of hydrogen-bond acceptors (Lipinski definition) is 5. The summed E-state index contributed by atoms with van der Waals surface area (Å²) in [6, 6.07) is 0. The minimum Gasteiger partial charge on any atom is -0.363 e. The van der Waals surface area contributed by atoms with Crippen LogP contribution in [0.3, 0.4) is 0 Å². The van der Waals surface area contributed by atoms with E-state index in [4.69, 9.17) is 0 Å². The van der Waals surface area contributed by atoms with Crippen LogP contribution >= 0.6 is 11.8 Å². The summed E-state index contributed by atoms with van der Waals surface area (Å²) in [6.45, 7) is 9.43. The Morgan fingerprint density at radius 1 is 1.38 bits per heavy atom. The summed E-state index contributed by atoms with van der Waals surface area (Å²) in [6.07, 6.45) is 5.03.